The molecular weight excluding hydrogens is 348 g/mol. The summed E-state index contributed by atoms with van der Waals surface area (Å²) in [5.41, 5.74) is 2.94. The van der Waals surface area contributed by atoms with Crippen molar-refractivity contribution in [2.75, 3.05) is 26.2 Å². The molecule has 1 saturated heterocycles. The topological polar surface area (TPSA) is 60.7 Å². The van der Waals surface area contributed by atoms with E-state index in [9.17, 15) is 0 Å². The molecule has 0 aliphatic carbocycles. The van der Waals surface area contributed by atoms with Crippen LogP contribution >= 0.6 is 0 Å². The molecule has 0 amide bonds. The molecule has 1 aliphatic heterocycles. The maximum Gasteiger partial charge on any atom is 0.194 e. The molecule has 1 N–H and O–H groups in total. The van der Waals surface area contributed by atoms with Gasteiger partial charge in [-0.2, -0.15) is 5.26 Å². The summed E-state index contributed by atoms with van der Waals surface area (Å²) in [5.74, 6) is 1.46. The van der Waals surface area contributed by atoms with Gasteiger partial charge in [0.05, 0.1) is 31.4 Å². The summed E-state index contributed by atoms with van der Waals surface area (Å²) in [4.78, 5) is 7.10. The second kappa shape index (κ2) is 10.5. The van der Waals surface area contributed by atoms with Crippen molar-refractivity contribution in [2.24, 2.45) is 10.9 Å². The van der Waals surface area contributed by atoms with Gasteiger partial charge in [-0.15, -0.1) is 0 Å². The number of likely N-dealkylation sites (tertiary alicyclic amines) is 1. The number of nitrogens with one attached hydrogen (secondary N) is 1. The maximum absolute atomic E-state index is 9.05. The summed E-state index contributed by atoms with van der Waals surface area (Å²) < 4.78 is 5.93. The first kappa shape index (κ1) is 19.9. The molecule has 146 valence electrons. The van der Waals surface area contributed by atoms with E-state index in [2.05, 4.69) is 35.3 Å². The molecule has 0 saturated carbocycles. The number of benzene rings is 2. The summed E-state index contributed by atoms with van der Waals surface area (Å²) >= 11 is 0. The van der Waals surface area contributed by atoms with Gasteiger partial charge in [0, 0.05) is 25.6 Å². The maximum atomic E-state index is 9.05. The van der Waals surface area contributed by atoms with Crippen molar-refractivity contribution in [3.05, 3.63) is 71.3 Å². The lowest BCUT2D eigenvalue weighted by Crippen LogP contribution is -2.40. The van der Waals surface area contributed by atoms with Gasteiger partial charge in [0.15, 0.2) is 5.96 Å². The third kappa shape index (κ3) is 5.83. The minimum absolute atomic E-state index is 0.523. The lowest BCUT2D eigenvalue weighted by Gasteiger charge is -2.21. The van der Waals surface area contributed by atoms with E-state index >= 15 is 0 Å². The Bertz CT molecular complexity index is 813. The van der Waals surface area contributed by atoms with Crippen molar-refractivity contribution >= 4 is 5.96 Å². The molecule has 0 aromatic heterocycles. The van der Waals surface area contributed by atoms with Crippen molar-refractivity contribution in [2.45, 2.75) is 26.5 Å². The fraction of sp³-hybridized carbons (Fsp3) is 0.391. The van der Waals surface area contributed by atoms with Crippen LogP contribution in [0.15, 0.2) is 59.6 Å². The van der Waals surface area contributed by atoms with Crippen molar-refractivity contribution in [3.8, 4) is 6.07 Å². The molecule has 1 aliphatic rings. The third-order valence-electron chi connectivity index (χ3n) is 4.85. The first-order valence-electron chi connectivity index (χ1n) is 9.92. The number of hydrogen-bond acceptors (Lipinski definition) is 3. The lowest BCUT2D eigenvalue weighted by atomic mass is 10.1. The normalized spacial score (nSPS) is 16.8. The monoisotopic (exact) mass is 376 g/mol. The summed E-state index contributed by atoms with van der Waals surface area (Å²) in [6.07, 6.45) is 1.11. The van der Waals surface area contributed by atoms with E-state index in [4.69, 9.17) is 15.0 Å². The van der Waals surface area contributed by atoms with Gasteiger partial charge in [-0.05, 0) is 36.6 Å². The minimum Gasteiger partial charge on any atom is -0.376 e. The van der Waals surface area contributed by atoms with Gasteiger partial charge in [0.1, 0.15) is 0 Å². The van der Waals surface area contributed by atoms with Gasteiger partial charge in [-0.3, -0.25) is 0 Å². The Labute approximate surface area is 167 Å². The predicted octanol–water partition coefficient (Wildman–Crippen LogP) is 3.56. The summed E-state index contributed by atoms with van der Waals surface area (Å²) in [7, 11) is 0. The van der Waals surface area contributed by atoms with E-state index in [0.717, 1.165) is 44.2 Å². The molecule has 28 heavy (non-hydrogen) atoms. The largest absolute Gasteiger partial charge is 0.376 e. The highest BCUT2D eigenvalue weighted by molar-refractivity contribution is 5.80. The van der Waals surface area contributed by atoms with Crippen molar-refractivity contribution < 1.29 is 4.74 Å². The molecule has 5 nitrogen and oxygen atoms in total. The van der Waals surface area contributed by atoms with E-state index in [-0.39, 0.29) is 0 Å². The molecule has 5 heteroatoms. The second-order valence-electron chi connectivity index (χ2n) is 7.08. The molecule has 0 bridgehead atoms. The predicted molar refractivity (Wildman–Crippen MR) is 112 cm³/mol. The molecule has 2 aromatic carbocycles. The molecule has 1 unspecified atom stereocenters. The van der Waals surface area contributed by atoms with E-state index in [0.29, 0.717) is 24.6 Å². The highest BCUT2D eigenvalue weighted by Crippen LogP contribution is 2.18. The van der Waals surface area contributed by atoms with E-state index in [1.54, 1.807) is 0 Å². The third-order valence-corrected chi connectivity index (χ3v) is 4.85. The first-order chi connectivity index (χ1) is 13.8. The van der Waals surface area contributed by atoms with Crippen LogP contribution in [0.5, 0.6) is 0 Å². The molecule has 1 heterocycles. The molecule has 2 aromatic rings. The Balaban J connectivity index is 1.52. The van der Waals surface area contributed by atoms with Crippen LogP contribution in [0.4, 0.5) is 0 Å². The molecule has 3 rings (SSSR count). The summed E-state index contributed by atoms with van der Waals surface area (Å²) in [6, 6.07) is 20.1. The number of nitriles is 1. The highest BCUT2D eigenvalue weighted by atomic mass is 16.5. The Kier molecular flexibility index (Phi) is 7.45. The Hall–Kier alpha value is -2.84. The number of hydrogen-bond donors (Lipinski definition) is 1. The Morgan fingerprint density at radius 2 is 2.04 bits per heavy atom. The Morgan fingerprint density at radius 1 is 1.21 bits per heavy atom. The van der Waals surface area contributed by atoms with Crippen LogP contribution in [-0.2, 0) is 17.9 Å². The zero-order valence-electron chi connectivity index (χ0n) is 16.5. The van der Waals surface area contributed by atoms with Gasteiger partial charge >= 0.3 is 0 Å². The fourth-order valence-corrected chi connectivity index (χ4v) is 3.41. The SMILES string of the molecule is CCNC(=NCc1cccc(C#N)c1)N1CCC(COCc2ccccc2)C1. The number of nitrogens with zero attached hydrogens (tertiary/aromatic N) is 3. The minimum atomic E-state index is 0.523. The van der Waals surface area contributed by atoms with Crippen LogP contribution in [-0.4, -0.2) is 37.1 Å². The molecule has 0 radical (unpaired) electrons. The van der Waals surface area contributed by atoms with Crippen LogP contribution in [0.3, 0.4) is 0 Å². The van der Waals surface area contributed by atoms with Crippen LogP contribution < -0.4 is 5.32 Å². The number of guanidine groups is 1. The van der Waals surface area contributed by atoms with Crippen LogP contribution in [0, 0.1) is 17.2 Å². The van der Waals surface area contributed by atoms with Crippen LogP contribution in [0.2, 0.25) is 0 Å². The van der Waals surface area contributed by atoms with Crippen molar-refractivity contribution in [1.82, 2.24) is 10.2 Å². The molecule has 1 fully saturated rings. The lowest BCUT2D eigenvalue weighted by molar-refractivity contribution is 0.0906. The van der Waals surface area contributed by atoms with Crippen molar-refractivity contribution in [3.63, 3.8) is 0 Å². The summed E-state index contributed by atoms with van der Waals surface area (Å²) in [6.45, 7) is 6.88. The quantitative estimate of drug-likeness (QED) is 0.593. The van der Waals surface area contributed by atoms with Gasteiger partial charge in [0.25, 0.3) is 0 Å². The van der Waals surface area contributed by atoms with Gasteiger partial charge in [-0.1, -0.05) is 42.5 Å². The average molecular weight is 377 g/mol. The number of rotatable bonds is 7. The van der Waals surface area contributed by atoms with E-state index < -0.39 is 0 Å². The number of ether oxygens (including phenoxy) is 1. The van der Waals surface area contributed by atoms with Crippen molar-refractivity contribution in [1.29, 1.82) is 5.26 Å². The van der Waals surface area contributed by atoms with Gasteiger partial charge in [0.2, 0.25) is 0 Å². The van der Waals surface area contributed by atoms with Gasteiger partial charge < -0.3 is 15.0 Å². The molecular formula is C23H28N4O. The van der Waals surface area contributed by atoms with E-state index in [1.165, 1.54) is 5.56 Å². The standard InChI is InChI=1S/C23H28N4O/c1-2-25-23(26-15-21-10-6-9-20(13-21)14-24)27-12-11-22(16-27)18-28-17-19-7-4-3-5-8-19/h3-10,13,22H,2,11-12,15-18H2,1H3,(H,25,26). The first-order valence-corrected chi connectivity index (χ1v) is 9.92. The average Bonchev–Trinajstić information content (AvgIpc) is 3.21. The van der Waals surface area contributed by atoms with Crippen LogP contribution in [0.1, 0.15) is 30.0 Å². The fourth-order valence-electron chi connectivity index (χ4n) is 3.41. The zero-order chi connectivity index (χ0) is 19.6. The number of aliphatic imine (C=N–C) groups is 1. The van der Waals surface area contributed by atoms with Gasteiger partial charge in [-0.25, -0.2) is 4.99 Å². The Morgan fingerprint density at radius 3 is 2.82 bits per heavy atom. The zero-order valence-corrected chi connectivity index (χ0v) is 16.5. The molecule has 1 atom stereocenters. The smallest absolute Gasteiger partial charge is 0.194 e. The summed E-state index contributed by atoms with van der Waals surface area (Å²) in [5, 5.41) is 12.4. The van der Waals surface area contributed by atoms with Crippen LogP contribution in [0.25, 0.3) is 0 Å². The highest BCUT2D eigenvalue weighted by Gasteiger charge is 2.25. The molecule has 0 spiro atoms. The van der Waals surface area contributed by atoms with E-state index in [1.807, 2.05) is 42.5 Å². The second-order valence-corrected chi connectivity index (χ2v) is 7.08.